The minimum Gasteiger partial charge on any atom is -0.481 e. The minimum atomic E-state index is -0.830. The smallest absolute Gasteiger partial charge is 0.303 e. The summed E-state index contributed by atoms with van der Waals surface area (Å²) < 4.78 is 25.9. The fraction of sp³-hybridized carbons (Fsp3) is 0.500. The zero-order valence-electron chi connectivity index (χ0n) is 10.6. The number of hydrogen-bond donors (Lipinski definition) is 1. The molecule has 0 spiro atoms. The van der Waals surface area contributed by atoms with E-state index >= 15 is 0 Å². The van der Waals surface area contributed by atoms with Crippen molar-refractivity contribution in [3.63, 3.8) is 0 Å². The molecule has 0 aromatic heterocycles. The number of piperidine rings is 1. The molecule has 19 heavy (non-hydrogen) atoms. The number of benzene rings is 1. The fourth-order valence-corrected chi connectivity index (χ4v) is 2.49. The monoisotopic (exact) mass is 269 g/mol. The van der Waals surface area contributed by atoms with E-state index in [4.69, 9.17) is 5.11 Å². The fourth-order valence-electron chi connectivity index (χ4n) is 2.49. The van der Waals surface area contributed by atoms with Gasteiger partial charge in [-0.1, -0.05) is 6.07 Å². The third kappa shape index (κ3) is 3.99. The second kappa shape index (κ2) is 6.10. The Bertz CT molecular complexity index is 457. The van der Waals surface area contributed by atoms with E-state index in [1.807, 2.05) is 0 Å². The molecule has 1 aromatic rings. The molecular formula is C14H17F2NO2. The van der Waals surface area contributed by atoms with Gasteiger partial charge in [0, 0.05) is 13.0 Å². The number of hydrogen-bond acceptors (Lipinski definition) is 2. The maximum atomic E-state index is 13.1. The molecule has 1 fully saturated rings. The second-order valence-electron chi connectivity index (χ2n) is 5.07. The lowest BCUT2D eigenvalue weighted by atomic mass is 9.93. The molecule has 0 unspecified atom stereocenters. The molecule has 5 heteroatoms. The molecule has 1 aliphatic rings. The molecule has 0 atom stereocenters. The first-order valence-electron chi connectivity index (χ1n) is 6.42. The Balaban J connectivity index is 1.85. The Kier molecular flexibility index (Phi) is 4.47. The van der Waals surface area contributed by atoms with E-state index in [0.29, 0.717) is 6.54 Å². The summed E-state index contributed by atoms with van der Waals surface area (Å²) in [7, 11) is 0. The molecule has 104 valence electrons. The van der Waals surface area contributed by atoms with Gasteiger partial charge < -0.3 is 5.11 Å². The first-order chi connectivity index (χ1) is 9.04. The van der Waals surface area contributed by atoms with Gasteiger partial charge in [0.15, 0.2) is 11.6 Å². The molecule has 3 nitrogen and oxygen atoms in total. The SMILES string of the molecule is O=C(O)CC1CCN(Cc2ccc(F)c(F)c2)CC1. The van der Waals surface area contributed by atoms with Gasteiger partial charge in [-0.05, 0) is 49.5 Å². The predicted octanol–water partition coefficient (Wildman–Crippen LogP) is 2.65. The maximum absolute atomic E-state index is 13.1. The van der Waals surface area contributed by atoms with Crippen LogP contribution in [0.15, 0.2) is 18.2 Å². The van der Waals surface area contributed by atoms with Gasteiger partial charge in [0.05, 0.1) is 0 Å². The lowest BCUT2D eigenvalue weighted by molar-refractivity contribution is -0.138. The van der Waals surface area contributed by atoms with E-state index in [1.165, 1.54) is 6.07 Å². The van der Waals surface area contributed by atoms with E-state index in [0.717, 1.165) is 37.6 Å². The highest BCUT2D eigenvalue weighted by molar-refractivity contribution is 5.67. The summed E-state index contributed by atoms with van der Waals surface area (Å²) in [6, 6.07) is 3.95. The van der Waals surface area contributed by atoms with Gasteiger partial charge in [-0.15, -0.1) is 0 Å². The topological polar surface area (TPSA) is 40.5 Å². The lowest BCUT2D eigenvalue weighted by Crippen LogP contribution is -2.33. The molecular weight excluding hydrogens is 252 g/mol. The number of carbonyl (C=O) groups is 1. The number of aliphatic carboxylic acids is 1. The van der Waals surface area contributed by atoms with Crippen molar-refractivity contribution in [3.05, 3.63) is 35.4 Å². The summed E-state index contributed by atoms with van der Waals surface area (Å²) in [5.74, 6) is -2.17. The van der Waals surface area contributed by atoms with E-state index in [9.17, 15) is 13.6 Å². The van der Waals surface area contributed by atoms with E-state index in [-0.39, 0.29) is 12.3 Å². The summed E-state index contributed by atoms with van der Waals surface area (Å²) in [6.45, 7) is 2.19. The number of carboxylic acids is 1. The van der Waals surface area contributed by atoms with E-state index in [1.54, 1.807) is 6.07 Å². The molecule has 0 aliphatic carbocycles. The Labute approximate surface area is 110 Å². The van der Waals surface area contributed by atoms with Crippen molar-refractivity contribution in [1.82, 2.24) is 4.90 Å². The van der Waals surface area contributed by atoms with E-state index in [2.05, 4.69) is 4.90 Å². The highest BCUT2D eigenvalue weighted by atomic mass is 19.2. The summed E-state index contributed by atoms with van der Waals surface area (Å²) in [6.07, 6.45) is 1.91. The zero-order valence-corrected chi connectivity index (χ0v) is 10.6. The highest BCUT2D eigenvalue weighted by Crippen LogP contribution is 2.22. The zero-order chi connectivity index (χ0) is 13.8. The van der Waals surface area contributed by atoms with Gasteiger partial charge in [-0.2, -0.15) is 0 Å². The first-order valence-corrected chi connectivity index (χ1v) is 6.42. The van der Waals surface area contributed by atoms with Crippen LogP contribution in [0.3, 0.4) is 0 Å². The van der Waals surface area contributed by atoms with Gasteiger partial charge in [0.2, 0.25) is 0 Å². The van der Waals surface area contributed by atoms with E-state index < -0.39 is 17.6 Å². The summed E-state index contributed by atoms with van der Waals surface area (Å²) in [4.78, 5) is 12.8. The van der Waals surface area contributed by atoms with Crippen LogP contribution in [0.1, 0.15) is 24.8 Å². The lowest BCUT2D eigenvalue weighted by Gasteiger charge is -2.31. The van der Waals surface area contributed by atoms with Crippen molar-refractivity contribution in [2.75, 3.05) is 13.1 Å². The van der Waals surface area contributed by atoms with Crippen LogP contribution in [0.5, 0.6) is 0 Å². The quantitative estimate of drug-likeness (QED) is 0.913. The minimum absolute atomic E-state index is 0.221. The van der Waals surface area contributed by atoms with Gasteiger partial charge in [-0.25, -0.2) is 8.78 Å². The Morgan fingerprint density at radius 2 is 1.95 bits per heavy atom. The van der Waals surface area contributed by atoms with Crippen molar-refractivity contribution in [3.8, 4) is 0 Å². The van der Waals surface area contributed by atoms with Crippen LogP contribution in [0.2, 0.25) is 0 Å². The van der Waals surface area contributed by atoms with Crippen molar-refractivity contribution in [2.45, 2.75) is 25.8 Å². The third-order valence-electron chi connectivity index (χ3n) is 3.56. The van der Waals surface area contributed by atoms with Gasteiger partial charge in [0.25, 0.3) is 0 Å². The molecule has 0 saturated carbocycles. The Morgan fingerprint density at radius 3 is 2.53 bits per heavy atom. The van der Waals surface area contributed by atoms with Crippen LogP contribution >= 0.6 is 0 Å². The first kappa shape index (κ1) is 13.9. The standard InChI is InChI=1S/C14H17F2NO2/c15-12-2-1-11(7-13(12)16)9-17-5-3-10(4-6-17)8-14(18)19/h1-2,7,10H,3-6,8-9H2,(H,18,19). The molecule has 1 saturated heterocycles. The highest BCUT2D eigenvalue weighted by Gasteiger charge is 2.21. The largest absolute Gasteiger partial charge is 0.481 e. The molecule has 0 bridgehead atoms. The van der Waals surface area contributed by atoms with Crippen LogP contribution in [0.25, 0.3) is 0 Å². The van der Waals surface area contributed by atoms with Crippen LogP contribution in [0.4, 0.5) is 8.78 Å². The molecule has 1 N–H and O–H groups in total. The summed E-state index contributed by atoms with van der Waals surface area (Å²) in [5.41, 5.74) is 0.746. The molecule has 1 aliphatic heterocycles. The van der Waals surface area contributed by atoms with Gasteiger partial charge in [-0.3, -0.25) is 9.69 Å². The molecule has 0 radical (unpaired) electrons. The Morgan fingerprint density at radius 1 is 1.26 bits per heavy atom. The summed E-state index contributed by atoms with van der Waals surface area (Å²) >= 11 is 0. The normalized spacial score (nSPS) is 17.6. The summed E-state index contributed by atoms with van der Waals surface area (Å²) in [5, 5.41) is 8.73. The van der Waals surface area contributed by atoms with Crippen LogP contribution < -0.4 is 0 Å². The average molecular weight is 269 g/mol. The van der Waals surface area contributed by atoms with Gasteiger partial charge in [0.1, 0.15) is 0 Å². The maximum Gasteiger partial charge on any atom is 0.303 e. The number of rotatable bonds is 4. The molecule has 1 aromatic carbocycles. The van der Waals surface area contributed by atoms with Crippen LogP contribution in [0, 0.1) is 17.6 Å². The molecule has 0 amide bonds. The second-order valence-corrected chi connectivity index (χ2v) is 5.07. The number of carboxylic acid groups (broad SMARTS) is 1. The average Bonchev–Trinajstić information content (AvgIpc) is 2.36. The van der Waals surface area contributed by atoms with Crippen LogP contribution in [-0.4, -0.2) is 29.1 Å². The van der Waals surface area contributed by atoms with Crippen molar-refractivity contribution < 1.29 is 18.7 Å². The van der Waals surface area contributed by atoms with Gasteiger partial charge >= 0.3 is 5.97 Å². The predicted molar refractivity (Wildman–Crippen MR) is 66.6 cm³/mol. The van der Waals surface area contributed by atoms with Crippen molar-refractivity contribution in [1.29, 1.82) is 0 Å². The number of likely N-dealkylation sites (tertiary alicyclic amines) is 1. The van der Waals surface area contributed by atoms with Crippen molar-refractivity contribution >= 4 is 5.97 Å². The molecule has 1 heterocycles. The third-order valence-corrected chi connectivity index (χ3v) is 3.56. The van der Waals surface area contributed by atoms with Crippen molar-refractivity contribution in [2.24, 2.45) is 5.92 Å². The molecule has 2 rings (SSSR count). The van der Waals surface area contributed by atoms with Crippen LogP contribution in [-0.2, 0) is 11.3 Å². The Hall–Kier alpha value is -1.49. The number of halogens is 2. The number of nitrogens with zero attached hydrogens (tertiary/aromatic N) is 1.